The van der Waals surface area contributed by atoms with Gasteiger partial charge in [0.15, 0.2) is 5.65 Å². The fraction of sp³-hybridized carbons (Fsp3) is 0.562. The minimum Gasteiger partial charge on any atom is -0.337 e. The number of fused-ring (bicyclic) bond motifs is 1. The van der Waals surface area contributed by atoms with Crippen LogP contribution < -0.4 is 0 Å². The smallest absolute Gasteiger partial charge is 0.272 e. The second-order valence-corrected chi connectivity index (χ2v) is 6.32. The number of amides is 1. The fourth-order valence-corrected chi connectivity index (χ4v) is 2.99. The summed E-state index contributed by atoms with van der Waals surface area (Å²) in [6.07, 6.45) is 4.01. The average Bonchev–Trinajstić information content (AvgIpc) is 2.93. The van der Waals surface area contributed by atoms with Crippen molar-refractivity contribution in [3.8, 4) is 0 Å². The number of hydrogen-bond donors (Lipinski definition) is 0. The van der Waals surface area contributed by atoms with E-state index in [1.54, 1.807) is 6.20 Å². The largest absolute Gasteiger partial charge is 0.337 e. The molecule has 5 nitrogen and oxygen atoms in total. The predicted molar refractivity (Wildman–Crippen MR) is 81.4 cm³/mol. The number of hydrogen-bond acceptors (Lipinski definition) is 3. The standard InChI is InChI=1S/C16H22N4O/c1-11(2)14-9-13(18-15-6-7-17-20(14)15)16(21)19-8-4-5-12(3)10-19/h6-7,9,11-12H,4-5,8,10H2,1-3H3/t12-/m0/s1. The Hall–Kier alpha value is -1.91. The number of piperidine rings is 1. The zero-order valence-electron chi connectivity index (χ0n) is 12.9. The quantitative estimate of drug-likeness (QED) is 0.853. The van der Waals surface area contributed by atoms with Gasteiger partial charge in [-0.05, 0) is 30.7 Å². The zero-order chi connectivity index (χ0) is 15.0. The molecule has 0 spiro atoms. The molecule has 3 heterocycles. The molecule has 2 aromatic rings. The molecular formula is C16H22N4O. The molecule has 1 aliphatic heterocycles. The second kappa shape index (κ2) is 5.47. The molecule has 1 amide bonds. The molecule has 0 radical (unpaired) electrons. The highest BCUT2D eigenvalue weighted by Gasteiger charge is 2.24. The molecule has 0 bridgehead atoms. The molecule has 2 aromatic heterocycles. The third-order valence-electron chi connectivity index (χ3n) is 4.14. The monoisotopic (exact) mass is 286 g/mol. The number of likely N-dealkylation sites (tertiary alicyclic amines) is 1. The van der Waals surface area contributed by atoms with Gasteiger partial charge in [-0.25, -0.2) is 9.50 Å². The summed E-state index contributed by atoms with van der Waals surface area (Å²) in [5, 5.41) is 4.29. The Morgan fingerprint density at radius 2 is 2.24 bits per heavy atom. The van der Waals surface area contributed by atoms with Gasteiger partial charge in [-0.15, -0.1) is 0 Å². The molecule has 1 fully saturated rings. The van der Waals surface area contributed by atoms with E-state index in [9.17, 15) is 4.79 Å². The topological polar surface area (TPSA) is 50.5 Å². The van der Waals surface area contributed by atoms with Gasteiger partial charge in [0, 0.05) is 24.8 Å². The van der Waals surface area contributed by atoms with E-state index in [0.29, 0.717) is 17.5 Å². The van der Waals surface area contributed by atoms with E-state index in [4.69, 9.17) is 0 Å². The molecule has 5 heteroatoms. The van der Waals surface area contributed by atoms with E-state index in [0.717, 1.165) is 30.9 Å². The molecule has 1 aliphatic rings. The summed E-state index contributed by atoms with van der Waals surface area (Å²) in [6, 6.07) is 3.74. The molecule has 3 rings (SSSR count). The van der Waals surface area contributed by atoms with Gasteiger partial charge in [0.2, 0.25) is 0 Å². The Labute approximate surface area is 125 Å². The van der Waals surface area contributed by atoms with Crippen molar-refractivity contribution in [2.45, 2.75) is 39.5 Å². The zero-order valence-corrected chi connectivity index (χ0v) is 12.9. The summed E-state index contributed by atoms with van der Waals surface area (Å²) in [6.45, 7) is 8.09. The summed E-state index contributed by atoms with van der Waals surface area (Å²) < 4.78 is 1.82. The minimum absolute atomic E-state index is 0.0483. The maximum absolute atomic E-state index is 12.7. The first-order valence-electron chi connectivity index (χ1n) is 7.70. The van der Waals surface area contributed by atoms with E-state index >= 15 is 0 Å². The molecular weight excluding hydrogens is 264 g/mol. The maximum atomic E-state index is 12.7. The Morgan fingerprint density at radius 3 is 2.95 bits per heavy atom. The lowest BCUT2D eigenvalue weighted by Crippen LogP contribution is -2.39. The van der Waals surface area contributed by atoms with Gasteiger partial charge in [-0.1, -0.05) is 20.8 Å². The minimum atomic E-state index is 0.0483. The third-order valence-corrected chi connectivity index (χ3v) is 4.14. The summed E-state index contributed by atoms with van der Waals surface area (Å²) in [5.74, 6) is 0.917. The van der Waals surface area contributed by atoms with Crippen molar-refractivity contribution in [2.24, 2.45) is 5.92 Å². The highest BCUT2D eigenvalue weighted by Crippen LogP contribution is 2.20. The molecule has 0 aromatic carbocycles. The highest BCUT2D eigenvalue weighted by molar-refractivity contribution is 5.93. The van der Waals surface area contributed by atoms with Crippen LogP contribution in [0, 0.1) is 5.92 Å². The normalized spacial score (nSPS) is 19.4. The summed E-state index contributed by atoms with van der Waals surface area (Å²) in [7, 11) is 0. The van der Waals surface area contributed by atoms with Crippen LogP contribution in [0.2, 0.25) is 0 Å². The van der Waals surface area contributed by atoms with Crippen LogP contribution in [0.5, 0.6) is 0 Å². The van der Waals surface area contributed by atoms with Crippen molar-refractivity contribution < 1.29 is 4.79 Å². The van der Waals surface area contributed by atoms with Gasteiger partial charge in [0.25, 0.3) is 5.91 Å². The van der Waals surface area contributed by atoms with E-state index in [2.05, 4.69) is 30.9 Å². The van der Waals surface area contributed by atoms with E-state index in [1.165, 1.54) is 6.42 Å². The van der Waals surface area contributed by atoms with Crippen LogP contribution in [0.1, 0.15) is 55.7 Å². The second-order valence-electron chi connectivity index (χ2n) is 6.32. The number of rotatable bonds is 2. The molecule has 112 valence electrons. The molecule has 0 aliphatic carbocycles. The lowest BCUT2D eigenvalue weighted by molar-refractivity contribution is 0.0677. The summed E-state index contributed by atoms with van der Waals surface area (Å²) in [4.78, 5) is 19.1. The van der Waals surface area contributed by atoms with Gasteiger partial charge in [0.05, 0.1) is 6.20 Å². The number of carbonyl (C=O) groups excluding carboxylic acids is 1. The Bertz CT molecular complexity index is 661. The Kier molecular flexibility index (Phi) is 3.66. The van der Waals surface area contributed by atoms with Gasteiger partial charge in [-0.3, -0.25) is 4.79 Å². The molecule has 0 N–H and O–H groups in total. The summed E-state index contributed by atoms with van der Waals surface area (Å²) >= 11 is 0. The van der Waals surface area contributed by atoms with Crippen LogP contribution in [-0.4, -0.2) is 38.5 Å². The van der Waals surface area contributed by atoms with E-state index < -0.39 is 0 Å². The molecule has 0 unspecified atom stereocenters. The molecule has 1 atom stereocenters. The van der Waals surface area contributed by atoms with Gasteiger partial charge >= 0.3 is 0 Å². The predicted octanol–water partition coefficient (Wildman–Crippen LogP) is 2.72. The van der Waals surface area contributed by atoms with Crippen molar-refractivity contribution in [1.29, 1.82) is 0 Å². The lowest BCUT2D eigenvalue weighted by atomic mass is 10.00. The van der Waals surface area contributed by atoms with Gasteiger partial charge < -0.3 is 4.90 Å². The molecule has 1 saturated heterocycles. The van der Waals surface area contributed by atoms with Crippen LogP contribution in [0.25, 0.3) is 5.65 Å². The maximum Gasteiger partial charge on any atom is 0.272 e. The average molecular weight is 286 g/mol. The van der Waals surface area contributed by atoms with E-state index in [-0.39, 0.29) is 5.91 Å². The van der Waals surface area contributed by atoms with Crippen LogP contribution in [0.15, 0.2) is 18.3 Å². The van der Waals surface area contributed by atoms with Crippen LogP contribution >= 0.6 is 0 Å². The lowest BCUT2D eigenvalue weighted by Gasteiger charge is -2.30. The first kappa shape index (κ1) is 14.0. The molecule has 0 saturated carbocycles. The van der Waals surface area contributed by atoms with Crippen molar-refractivity contribution in [3.05, 3.63) is 29.7 Å². The van der Waals surface area contributed by atoms with Crippen molar-refractivity contribution in [2.75, 3.05) is 13.1 Å². The SMILES string of the molecule is CC(C)c1cc(C(=O)N2CCC[C@H](C)C2)nc2ccnn12. The molecule has 21 heavy (non-hydrogen) atoms. The van der Waals surface area contributed by atoms with E-state index in [1.807, 2.05) is 21.5 Å². The fourth-order valence-electron chi connectivity index (χ4n) is 2.99. The number of aromatic nitrogens is 3. The third kappa shape index (κ3) is 2.64. The first-order valence-corrected chi connectivity index (χ1v) is 7.70. The summed E-state index contributed by atoms with van der Waals surface area (Å²) in [5.41, 5.74) is 2.31. The first-order chi connectivity index (χ1) is 10.1. The van der Waals surface area contributed by atoms with Crippen LogP contribution in [0.4, 0.5) is 0 Å². The Morgan fingerprint density at radius 1 is 1.43 bits per heavy atom. The van der Waals surface area contributed by atoms with Crippen molar-refractivity contribution >= 4 is 11.6 Å². The van der Waals surface area contributed by atoms with Crippen molar-refractivity contribution in [1.82, 2.24) is 19.5 Å². The van der Waals surface area contributed by atoms with Crippen molar-refractivity contribution in [3.63, 3.8) is 0 Å². The Balaban J connectivity index is 1.97. The van der Waals surface area contributed by atoms with Gasteiger partial charge in [0.1, 0.15) is 5.69 Å². The van der Waals surface area contributed by atoms with Gasteiger partial charge in [-0.2, -0.15) is 5.10 Å². The van der Waals surface area contributed by atoms with Crippen LogP contribution in [0.3, 0.4) is 0 Å². The number of nitrogens with zero attached hydrogens (tertiary/aromatic N) is 4. The highest BCUT2D eigenvalue weighted by atomic mass is 16.2. The van der Waals surface area contributed by atoms with Crippen LogP contribution in [-0.2, 0) is 0 Å². The number of carbonyl (C=O) groups is 1.